The maximum absolute atomic E-state index is 6.07. The topological polar surface area (TPSA) is 40.2 Å². The number of pyridine rings is 1. The van der Waals surface area contributed by atoms with Gasteiger partial charge in [0.1, 0.15) is 5.52 Å². The smallest absolute Gasteiger partial charge is 0.271 e. The number of nitrogen functional groups attached to an aromatic ring is 1. The van der Waals surface area contributed by atoms with Gasteiger partial charge in [-0.25, -0.2) is 4.98 Å². The molecular formula is C15H12ClN2+. The number of benzene rings is 2. The Morgan fingerprint density at radius 3 is 2.50 bits per heavy atom. The number of hydrogen-bond donors (Lipinski definition) is 1. The zero-order chi connectivity index (χ0) is 12.5. The largest absolute Gasteiger partial charge is 0.287 e. The predicted molar refractivity (Wildman–Crippen MR) is 75.4 cm³/mol. The number of halogens is 1. The molecule has 18 heavy (non-hydrogen) atoms. The monoisotopic (exact) mass is 255 g/mol. The molecular weight excluding hydrogens is 244 g/mol. The van der Waals surface area contributed by atoms with Gasteiger partial charge in [-0.15, -0.1) is 0 Å². The third-order valence-electron chi connectivity index (χ3n) is 2.94. The van der Waals surface area contributed by atoms with Crippen molar-refractivity contribution in [3.8, 4) is 11.1 Å². The molecule has 0 unspecified atom stereocenters. The van der Waals surface area contributed by atoms with E-state index in [1.807, 2.05) is 42.5 Å². The van der Waals surface area contributed by atoms with Crippen molar-refractivity contribution in [1.29, 1.82) is 0 Å². The quantitative estimate of drug-likeness (QED) is 0.710. The van der Waals surface area contributed by atoms with Crippen LogP contribution < -0.4 is 10.7 Å². The van der Waals surface area contributed by atoms with E-state index in [2.05, 4.69) is 17.1 Å². The molecule has 0 saturated heterocycles. The van der Waals surface area contributed by atoms with Crippen LogP contribution in [-0.2, 0) is 0 Å². The third-order valence-corrected chi connectivity index (χ3v) is 3.17. The van der Waals surface area contributed by atoms with Crippen LogP contribution in [0.4, 0.5) is 5.82 Å². The van der Waals surface area contributed by atoms with E-state index in [0.717, 1.165) is 27.1 Å². The number of aromatic nitrogens is 1. The lowest BCUT2D eigenvalue weighted by Gasteiger charge is -2.06. The van der Waals surface area contributed by atoms with E-state index in [-0.39, 0.29) is 0 Å². The average molecular weight is 256 g/mol. The van der Waals surface area contributed by atoms with Crippen molar-refractivity contribution >= 4 is 28.3 Å². The number of aromatic amines is 1. The number of anilines is 1. The van der Waals surface area contributed by atoms with Gasteiger partial charge in [0.2, 0.25) is 0 Å². The van der Waals surface area contributed by atoms with E-state index in [0.29, 0.717) is 5.82 Å². The predicted octanol–water partition coefficient (Wildman–Crippen LogP) is 3.56. The van der Waals surface area contributed by atoms with Gasteiger partial charge < -0.3 is 0 Å². The first-order chi connectivity index (χ1) is 8.74. The van der Waals surface area contributed by atoms with Crippen LogP contribution in [0.1, 0.15) is 0 Å². The highest BCUT2D eigenvalue weighted by atomic mass is 35.5. The first-order valence-electron chi connectivity index (χ1n) is 5.70. The molecule has 0 fully saturated rings. The minimum Gasteiger partial charge on any atom is -0.287 e. The Balaban J connectivity index is 2.37. The molecule has 3 aromatic rings. The van der Waals surface area contributed by atoms with Crippen molar-refractivity contribution in [2.45, 2.75) is 0 Å². The second-order valence-corrected chi connectivity index (χ2v) is 4.63. The van der Waals surface area contributed by atoms with Gasteiger partial charge in [-0.3, -0.25) is 5.73 Å². The molecule has 0 aliphatic rings. The van der Waals surface area contributed by atoms with Gasteiger partial charge in [0, 0.05) is 22.0 Å². The van der Waals surface area contributed by atoms with Crippen molar-refractivity contribution in [2.75, 3.05) is 5.73 Å². The Hall–Kier alpha value is -2.06. The normalized spacial score (nSPS) is 10.7. The van der Waals surface area contributed by atoms with Gasteiger partial charge in [-0.05, 0) is 23.8 Å². The summed E-state index contributed by atoms with van der Waals surface area (Å²) in [6.45, 7) is 0. The molecule has 1 heterocycles. The van der Waals surface area contributed by atoms with Crippen LogP contribution in [0, 0.1) is 0 Å². The fourth-order valence-electron chi connectivity index (χ4n) is 2.13. The fraction of sp³-hybridized carbons (Fsp3) is 0. The maximum atomic E-state index is 6.07. The van der Waals surface area contributed by atoms with Gasteiger partial charge in [0.05, 0.1) is 0 Å². The van der Waals surface area contributed by atoms with Crippen LogP contribution in [0.2, 0.25) is 5.02 Å². The summed E-state index contributed by atoms with van der Waals surface area (Å²) in [5.74, 6) is 0.642. The van der Waals surface area contributed by atoms with Crippen LogP contribution in [0.3, 0.4) is 0 Å². The Bertz CT molecular complexity index is 708. The van der Waals surface area contributed by atoms with Gasteiger partial charge in [-0.2, -0.15) is 0 Å². The van der Waals surface area contributed by atoms with Crippen LogP contribution in [0.15, 0.2) is 54.6 Å². The van der Waals surface area contributed by atoms with Gasteiger partial charge in [-0.1, -0.05) is 41.9 Å². The zero-order valence-corrected chi connectivity index (χ0v) is 10.4. The van der Waals surface area contributed by atoms with Gasteiger partial charge >= 0.3 is 0 Å². The van der Waals surface area contributed by atoms with Gasteiger partial charge in [0.25, 0.3) is 5.82 Å². The molecule has 3 N–H and O–H groups in total. The van der Waals surface area contributed by atoms with Gasteiger partial charge in [0.15, 0.2) is 0 Å². The number of H-pyrrole nitrogens is 1. The summed E-state index contributed by atoms with van der Waals surface area (Å²) in [4.78, 5) is 3.15. The summed E-state index contributed by atoms with van der Waals surface area (Å²) in [6, 6.07) is 17.8. The minimum absolute atomic E-state index is 0.642. The van der Waals surface area contributed by atoms with E-state index in [1.165, 1.54) is 0 Å². The molecule has 1 aromatic heterocycles. The Morgan fingerprint density at radius 2 is 1.72 bits per heavy atom. The summed E-state index contributed by atoms with van der Waals surface area (Å²) in [5, 5.41) is 1.79. The van der Waals surface area contributed by atoms with Crippen LogP contribution >= 0.6 is 11.6 Å². The molecule has 2 nitrogen and oxygen atoms in total. The molecule has 3 heteroatoms. The summed E-state index contributed by atoms with van der Waals surface area (Å²) in [6.07, 6.45) is 0. The lowest BCUT2D eigenvalue weighted by molar-refractivity contribution is -0.326. The molecule has 0 spiro atoms. The summed E-state index contributed by atoms with van der Waals surface area (Å²) >= 11 is 6.07. The molecule has 0 atom stereocenters. The molecule has 88 valence electrons. The van der Waals surface area contributed by atoms with Crippen molar-refractivity contribution in [3.63, 3.8) is 0 Å². The van der Waals surface area contributed by atoms with E-state index >= 15 is 0 Å². The highest BCUT2D eigenvalue weighted by Gasteiger charge is 2.09. The molecule has 0 saturated carbocycles. The summed E-state index contributed by atoms with van der Waals surface area (Å²) < 4.78 is 0. The average Bonchev–Trinajstić information content (AvgIpc) is 2.39. The van der Waals surface area contributed by atoms with E-state index in [1.54, 1.807) is 0 Å². The number of fused-ring (bicyclic) bond motifs is 1. The molecule has 0 bridgehead atoms. The number of hydrogen-bond acceptors (Lipinski definition) is 1. The fourth-order valence-corrected chi connectivity index (χ4v) is 2.30. The SMILES string of the molecule is Nc1cc(-c2ccccc2)c2cc(Cl)ccc2[nH+]1. The molecule has 0 amide bonds. The van der Waals surface area contributed by atoms with Crippen molar-refractivity contribution < 1.29 is 4.98 Å². The second kappa shape index (κ2) is 4.31. The lowest BCUT2D eigenvalue weighted by atomic mass is 10.0. The van der Waals surface area contributed by atoms with Crippen LogP contribution in [0.25, 0.3) is 22.0 Å². The number of nitrogens with two attached hydrogens (primary N) is 1. The Kier molecular flexibility index (Phi) is 2.65. The van der Waals surface area contributed by atoms with E-state index in [4.69, 9.17) is 17.3 Å². The lowest BCUT2D eigenvalue weighted by Crippen LogP contribution is -2.11. The Labute approximate surface area is 110 Å². The second-order valence-electron chi connectivity index (χ2n) is 4.19. The van der Waals surface area contributed by atoms with E-state index < -0.39 is 0 Å². The molecule has 0 aliphatic heterocycles. The molecule has 2 aromatic carbocycles. The third kappa shape index (κ3) is 1.91. The van der Waals surface area contributed by atoms with Crippen molar-refractivity contribution in [3.05, 3.63) is 59.6 Å². The summed E-state index contributed by atoms with van der Waals surface area (Å²) in [5.41, 5.74) is 9.11. The van der Waals surface area contributed by atoms with Crippen LogP contribution in [0.5, 0.6) is 0 Å². The minimum atomic E-state index is 0.642. The highest BCUT2D eigenvalue weighted by molar-refractivity contribution is 6.31. The Morgan fingerprint density at radius 1 is 0.944 bits per heavy atom. The first kappa shape index (κ1) is 11.1. The first-order valence-corrected chi connectivity index (χ1v) is 6.08. The van der Waals surface area contributed by atoms with Crippen molar-refractivity contribution in [2.24, 2.45) is 0 Å². The highest BCUT2D eigenvalue weighted by Crippen LogP contribution is 2.29. The number of rotatable bonds is 1. The molecule has 0 aliphatic carbocycles. The van der Waals surface area contributed by atoms with Crippen molar-refractivity contribution in [1.82, 2.24) is 0 Å². The molecule has 0 radical (unpaired) electrons. The maximum Gasteiger partial charge on any atom is 0.271 e. The summed E-state index contributed by atoms with van der Waals surface area (Å²) in [7, 11) is 0. The standard InChI is InChI=1S/C15H11ClN2/c16-11-6-7-14-13(8-11)12(9-15(17)18-14)10-4-2-1-3-5-10/h1-9H,(H2,17,18)/p+1. The zero-order valence-electron chi connectivity index (χ0n) is 9.65. The number of nitrogens with one attached hydrogen (secondary N) is 1. The van der Waals surface area contributed by atoms with Crippen LogP contribution in [-0.4, -0.2) is 0 Å². The van der Waals surface area contributed by atoms with E-state index in [9.17, 15) is 0 Å². The molecule has 3 rings (SSSR count).